The van der Waals surface area contributed by atoms with Crippen LogP contribution in [0.1, 0.15) is 16.8 Å². The van der Waals surface area contributed by atoms with Gasteiger partial charge in [0.1, 0.15) is 22.9 Å². The van der Waals surface area contributed by atoms with E-state index in [1.807, 2.05) is 0 Å². The fraction of sp³-hybridized carbons (Fsp3) is 0.158. The molecule has 1 saturated heterocycles. The first-order valence-corrected chi connectivity index (χ1v) is 8.98. The number of aromatic nitrogens is 2. The standard InChI is InChI=1S/C19H12ClF2N3O5/c20-12-3-8(21)4-13(22)16(12)25-7-11(19(29)30)17(28)10-1-2-14(23-18(10)25)24-6-9(26)5-15(24)27/h1-4,7,9,26H,5-6H2,(H,29,30)/t9-/m0/s1. The van der Waals surface area contributed by atoms with Crippen molar-refractivity contribution in [2.75, 3.05) is 11.4 Å². The Morgan fingerprint density at radius 3 is 2.57 bits per heavy atom. The molecule has 1 fully saturated rings. The van der Waals surface area contributed by atoms with Crippen molar-refractivity contribution in [1.29, 1.82) is 0 Å². The zero-order valence-electron chi connectivity index (χ0n) is 15.0. The van der Waals surface area contributed by atoms with Crippen LogP contribution in [0.5, 0.6) is 0 Å². The van der Waals surface area contributed by atoms with E-state index in [1.54, 1.807) is 0 Å². The number of amides is 1. The van der Waals surface area contributed by atoms with Crippen LogP contribution in [0.15, 0.2) is 35.3 Å². The van der Waals surface area contributed by atoms with Crippen molar-refractivity contribution in [3.63, 3.8) is 0 Å². The van der Waals surface area contributed by atoms with E-state index in [-0.39, 0.29) is 34.8 Å². The van der Waals surface area contributed by atoms with Crippen molar-refractivity contribution < 1.29 is 28.6 Å². The molecule has 11 heteroatoms. The largest absolute Gasteiger partial charge is 0.477 e. The van der Waals surface area contributed by atoms with Crippen LogP contribution in [0.25, 0.3) is 16.7 Å². The molecule has 1 aliphatic heterocycles. The number of fused-ring (bicyclic) bond motifs is 1. The predicted molar refractivity (Wildman–Crippen MR) is 102 cm³/mol. The smallest absolute Gasteiger partial charge is 0.341 e. The SMILES string of the molecule is O=C(O)c1cn(-c2c(F)cc(F)cc2Cl)c2nc(N3C[C@@H](O)CC3=O)ccc2c1=O. The maximum atomic E-state index is 14.6. The third-order valence-electron chi connectivity index (χ3n) is 4.67. The summed E-state index contributed by atoms with van der Waals surface area (Å²) in [7, 11) is 0. The molecule has 0 radical (unpaired) electrons. The number of pyridine rings is 2. The Bertz CT molecular complexity index is 1270. The van der Waals surface area contributed by atoms with Crippen LogP contribution >= 0.6 is 11.6 Å². The molecular weight excluding hydrogens is 424 g/mol. The van der Waals surface area contributed by atoms with Crippen molar-refractivity contribution in [3.8, 4) is 5.69 Å². The van der Waals surface area contributed by atoms with E-state index in [4.69, 9.17) is 11.6 Å². The number of nitrogens with zero attached hydrogens (tertiary/aromatic N) is 3. The number of carbonyl (C=O) groups is 2. The van der Waals surface area contributed by atoms with Gasteiger partial charge in [0.15, 0.2) is 11.5 Å². The molecule has 154 valence electrons. The van der Waals surface area contributed by atoms with Crippen LogP contribution in [0.3, 0.4) is 0 Å². The Labute approximate surface area is 171 Å². The molecule has 3 aromatic rings. The summed E-state index contributed by atoms with van der Waals surface area (Å²) in [5.74, 6) is -3.96. The maximum absolute atomic E-state index is 14.6. The maximum Gasteiger partial charge on any atom is 0.341 e. The highest BCUT2D eigenvalue weighted by molar-refractivity contribution is 6.32. The summed E-state index contributed by atoms with van der Waals surface area (Å²) in [5.41, 5.74) is -2.16. The Morgan fingerprint density at radius 2 is 1.97 bits per heavy atom. The second-order valence-corrected chi connectivity index (χ2v) is 7.08. The summed E-state index contributed by atoms with van der Waals surface area (Å²) >= 11 is 6.00. The van der Waals surface area contributed by atoms with Gasteiger partial charge in [0, 0.05) is 12.3 Å². The minimum absolute atomic E-state index is 0.0273. The lowest BCUT2D eigenvalue weighted by Gasteiger charge is -2.18. The molecule has 4 rings (SSSR count). The van der Waals surface area contributed by atoms with Gasteiger partial charge in [-0.25, -0.2) is 18.6 Å². The van der Waals surface area contributed by atoms with Crippen molar-refractivity contribution in [1.82, 2.24) is 9.55 Å². The van der Waals surface area contributed by atoms with Crippen molar-refractivity contribution in [2.45, 2.75) is 12.5 Å². The van der Waals surface area contributed by atoms with Crippen molar-refractivity contribution in [2.24, 2.45) is 0 Å². The minimum Gasteiger partial charge on any atom is -0.477 e. The molecule has 1 atom stereocenters. The van der Waals surface area contributed by atoms with E-state index < -0.39 is 46.3 Å². The van der Waals surface area contributed by atoms with Crippen LogP contribution in [-0.2, 0) is 4.79 Å². The quantitative estimate of drug-likeness (QED) is 0.651. The molecule has 2 aromatic heterocycles. The molecule has 0 saturated carbocycles. The van der Waals surface area contributed by atoms with Gasteiger partial charge in [-0.2, -0.15) is 0 Å². The van der Waals surface area contributed by atoms with Crippen LogP contribution in [-0.4, -0.2) is 44.3 Å². The fourth-order valence-corrected chi connectivity index (χ4v) is 3.63. The molecule has 30 heavy (non-hydrogen) atoms. The Kier molecular flexibility index (Phi) is 4.75. The monoisotopic (exact) mass is 435 g/mol. The molecule has 1 aliphatic rings. The summed E-state index contributed by atoms with van der Waals surface area (Å²) in [6.07, 6.45) is -0.161. The second-order valence-electron chi connectivity index (χ2n) is 6.67. The topological polar surface area (TPSA) is 113 Å². The van der Waals surface area contributed by atoms with Crippen molar-refractivity contribution >= 4 is 40.3 Å². The molecule has 2 N–H and O–H groups in total. The van der Waals surface area contributed by atoms with Gasteiger partial charge in [0.05, 0.1) is 29.5 Å². The number of aliphatic hydroxyl groups is 1. The Morgan fingerprint density at radius 1 is 1.23 bits per heavy atom. The summed E-state index contributed by atoms with van der Waals surface area (Å²) in [4.78, 5) is 41.6. The Balaban J connectivity index is 2.06. The molecule has 8 nitrogen and oxygen atoms in total. The van der Waals surface area contributed by atoms with E-state index in [2.05, 4.69) is 4.98 Å². The summed E-state index contributed by atoms with van der Waals surface area (Å²) in [5, 5.41) is 18.5. The lowest BCUT2D eigenvalue weighted by atomic mass is 10.1. The van der Waals surface area contributed by atoms with Gasteiger partial charge in [0.2, 0.25) is 11.3 Å². The number of carboxylic acid groups (broad SMARTS) is 1. The van der Waals surface area contributed by atoms with Crippen LogP contribution in [0.2, 0.25) is 5.02 Å². The number of carboxylic acids is 1. The number of hydrogen-bond acceptors (Lipinski definition) is 5. The third kappa shape index (κ3) is 3.19. The van der Waals surface area contributed by atoms with Gasteiger partial charge in [0.25, 0.3) is 0 Å². The fourth-order valence-electron chi connectivity index (χ4n) is 3.34. The first-order chi connectivity index (χ1) is 14.2. The number of halogens is 3. The number of aromatic carboxylic acids is 1. The van der Waals surface area contributed by atoms with E-state index in [1.165, 1.54) is 17.0 Å². The Hall–Kier alpha value is -3.37. The number of benzene rings is 1. The van der Waals surface area contributed by atoms with E-state index in [0.29, 0.717) is 6.07 Å². The lowest BCUT2D eigenvalue weighted by Crippen LogP contribution is -2.27. The van der Waals surface area contributed by atoms with Crippen LogP contribution < -0.4 is 10.3 Å². The van der Waals surface area contributed by atoms with Crippen LogP contribution in [0, 0.1) is 11.6 Å². The van der Waals surface area contributed by atoms with Crippen LogP contribution in [0.4, 0.5) is 14.6 Å². The zero-order valence-corrected chi connectivity index (χ0v) is 15.7. The van der Waals surface area contributed by atoms with E-state index in [0.717, 1.165) is 16.8 Å². The van der Waals surface area contributed by atoms with Gasteiger partial charge in [-0.1, -0.05) is 11.6 Å². The number of carbonyl (C=O) groups excluding carboxylic acids is 1. The van der Waals surface area contributed by atoms with E-state index in [9.17, 15) is 33.4 Å². The summed E-state index contributed by atoms with van der Waals surface area (Å²) in [6, 6.07) is 3.94. The number of anilines is 1. The number of hydrogen-bond donors (Lipinski definition) is 2. The first-order valence-electron chi connectivity index (χ1n) is 8.60. The average Bonchev–Trinajstić information content (AvgIpc) is 3.00. The van der Waals surface area contributed by atoms with Crippen molar-refractivity contribution in [3.05, 3.63) is 62.9 Å². The second kappa shape index (κ2) is 7.15. The van der Waals surface area contributed by atoms with Gasteiger partial charge in [-0.05, 0) is 18.2 Å². The predicted octanol–water partition coefficient (Wildman–Crippen LogP) is 2.11. The molecule has 1 aromatic carbocycles. The highest BCUT2D eigenvalue weighted by Gasteiger charge is 2.30. The normalized spacial score (nSPS) is 16.5. The highest BCUT2D eigenvalue weighted by Crippen LogP contribution is 2.29. The number of aliphatic hydroxyl groups excluding tert-OH is 1. The average molecular weight is 436 g/mol. The molecule has 1 amide bonds. The third-order valence-corrected chi connectivity index (χ3v) is 4.96. The highest BCUT2D eigenvalue weighted by atomic mass is 35.5. The molecule has 0 spiro atoms. The summed E-state index contributed by atoms with van der Waals surface area (Å²) < 4.78 is 29.0. The van der Waals surface area contributed by atoms with Gasteiger partial charge < -0.3 is 10.2 Å². The van der Waals surface area contributed by atoms with E-state index >= 15 is 0 Å². The molecule has 3 heterocycles. The van der Waals surface area contributed by atoms with Gasteiger partial charge in [-0.15, -0.1) is 0 Å². The number of rotatable bonds is 3. The molecular formula is C19H12ClF2N3O5. The lowest BCUT2D eigenvalue weighted by molar-refractivity contribution is -0.117. The minimum atomic E-state index is -1.56. The molecule has 0 unspecified atom stereocenters. The van der Waals surface area contributed by atoms with Gasteiger partial charge >= 0.3 is 5.97 Å². The first kappa shape index (κ1) is 19.9. The van der Waals surface area contributed by atoms with Gasteiger partial charge in [-0.3, -0.25) is 19.1 Å². The molecule has 0 bridgehead atoms. The zero-order chi connectivity index (χ0) is 21.7. The number of β-amino-alcohol motifs (C(OH)–C–C–N with tert-alkyl or cyclic N) is 1. The summed E-state index contributed by atoms with van der Waals surface area (Å²) in [6.45, 7) is -0.0273. The molecule has 0 aliphatic carbocycles.